The largest absolute Gasteiger partial charge is 0.508 e. The van der Waals surface area contributed by atoms with Crippen LogP contribution in [-0.4, -0.2) is 24.6 Å². The van der Waals surface area contributed by atoms with Crippen LogP contribution in [0.1, 0.15) is 18.9 Å². The lowest BCUT2D eigenvalue weighted by Gasteiger charge is -1.99. The molecular weight excluding hydrogens is 204 g/mol. The van der Waals surface area contributed by atoms with Gasteiger partial charge in [-0.2, -0.15) is 0 Å². The number of aryl methyl sites for hydroxylation is 1. The van der Waals surface area contributed by atoms with Gasteiger partial charge < -0.3 is 16.2 Å². The standard InChI is InChI=1S/C9H12O.C3H8N2O/c1-2-5-8-6-3-4-7-9(8)10;1-5-3(6)2-4/h3-4,6-7,10H,2,5H2,1H3;2,4H2,1H3,(H,5,6). The third-order valence-corrected chi connectivity index (χ3v) is 1.98. The lowest BCUT2D eigenvalue weighted by atomic mass is 10.1. The van der Waals surface area contributed by atoms with E-state index in [-0.39, 0.29) is 12.5 Å². The van der Waals surface area contributed by atoms with E-state index in [0.717, 1.165) is 18.4 Å². The molecule has 0 spiro atoms. The van der Waals surface area contributed by atoms with E-state index in [1.54, 1.807) is 13.1 Å². The molecule has 0 aromatic heterocycles. The maximum absolute atomic E-state index is 9.94. The number of nitrogens with two attached hydrogens (primary N) is 1. The van der Waals surface area contributed by atoms with Gasteiger partial charge in [0.2, 0.25) is 5.91 Å². The van der Waals surface area contributed by atoms with Crippen LogP contribution in [0, 0.1) is 0 Å². The quantitative estimate of drug-likeness (QED) is 0.718. The zero-order valence-electron chi connectivity index (χ0n) is 9.86. The Bertz CT molecular complexity index is 308. The van der Waals surface area contributed by atoms with Gasteiger partial charge in [-0.15, -0.1) is 0 Å². The molecule has 0 saturated carbocycles. The fourth-order valence-electron chi connectivity index (χ4n) is 1.09. The minimum absolute atomic E-state index is 0.0799. The van der Waals surface area contributed by atoms with Crippen LogP contribution in [0.25, 0.3) is 0 Å². The van der Waals surface area contributed by atoms with Crippen LogP contribution in [-0.2, 0) is 11.2 Å². The van der Waals surface area contributed by atoms with Crippen LogP contribution >= 0.6 is 0 Å². The summed E-state index contributed by atoms with van der Waals surface area (Å²) in [6.45, 7) is 2.18. The highest BCUT2D eigenvalue weighted by molar-refractivity contribution is 5.77. The van der Waals surface area contributed by atoms with E-state index in [1.807, 2.05) is 18.2 Å². The summed E-state index contributed by atoms with van der Waals surface area (Å²) in [5, 5.41) is 11.6. The number of likely N-dealkylation sites (N-methyl/N-ethyl adjacent to an activating group) is 1. The molecule has 1 aromatic rings. The predicted octanol–water partition coefficient (Wildman–Crippen LogP) is 1.04. The van der Waals surface area contributed by atoms with E-state index >= 15 is 0 Å². The number of hydrogen-bond acceptors (Lipinski definition) is 3. The Hall–Kier alpha value is -1.55. The molecule has 90 valence electrons. The molecular formula is C12H20N2O2. The number of nitrogens with one attached hydrogen (secondary N) is 1. The molecule has 0 aliphatic carbocycles. The maximum atomic E-state index is 9.94. The average molecular weight is 224 g/mol. The zero-order chi connectivity index (χ0) is 12.4. The third-order valence-electron chi connectivity index (χ3n) is 1.98. The molecule has 0 heterocycles. The minimum atomic E-state index is -0.130. The van der Waals surface area contributed by atoms with Gasteiger partial charge in [-0.3, -0.25) is 4.79 Å². The summed E-state index contributed by atoms with van der Waals surface area (Å²) in [5.41, 5.74) is 5.92. The van der Waals surface area contributed by atoms with Crippen molar-refractivity contribution in [2.75, 3.05) is 13.6 Å². The number of phenols is 1. The SMILES string of the molecule is CCCc1ccccc1O.CNC(=O)CN. The van der Waals surface area contributed by atoms with Crippen molar-refractivity contribution in [2.24, 2.45) is 5.73 Å². The van der Waals surface area contributed by atoms with Gasteiger partial charge in [0.25, 0.3) is 0 Å². The van der Waals surface area contributed by atoms with E-state index in [9.17, 15) is 9.90 Å². The van der Waals surface area contributed by atoms with Crippen molar-refractivity contribution < 1.29 is 9.90 Å². The first-order valence-electron chi connectivity index (χ1n) is 5.33. The van der Waals surface area contributed by atoms with Crippen LogP contribution in [0.15, 0.2) is 24.3 Å². The average Bonchev–Trinajstić information content (AvgIpc) is 2.32. The molecule has 0 aliphatic heterocycles. The lowest BCUT2D eigenvalue weighted by molar-refractivity contribution is -0.119. The normalized spacial score (nSPS) is 8.94. The van der Waals surface area contributed by atoms with Gasteiger partial charge in [0, 0.05) is 7.05 Å². The molecule has 1 aromatic carbocycles. The first kappa shape index (κ1) is 14.5. The molecule has 0 saturated heterocycles. The van der Waals surface area contributed by atoms with Gasteiger partial charge in [0.1, 0.15) is 5.75 Å². The Morgan fingerprint density at radius 3 is 2.44 bits per heavy atom. The van der Waals surface area contributed by atoms with E-state index in [0.29, 0.717) is 5.75 Å². The molecule has 16 heavy (non-hydrogen) atoms. The highest BCUT2D eigenvalue weighted by Crippen LogP contribution is 2.16. The van der Waals surface area contributed by atoms with Gasteiger partial charge in [-0.05, 0) is 18.1 Å². The molecule has 0 fully saturated rings. The van der Waals surface area contributed by atoms with Crippen molar-refractivity contribution in [3.63, 3.8) is 0 Å². The lowest BCUT2D eigenvalue weighted by Crippen LogP contribution is -2.26. The number of carbonyl (C=O) groups is 1. The molecule has 1 amide bonds. The van der Waals surface area contributed by atoms with E-state index in [2.05, 4.69) is 12.2 Å². The molecule has 0 aliphatic rings. The van der Waals surface area contributed by atoms with Gasteiger partial charge in [-0.25, -0.2) is 0 Å². The second kappa shape index (κ2) is 8.73. The molecule has 0 bridgehead atoms. The molecule has 0 unspecified atom stereocenters. The molecule has 4 N–H and O–H groups in total. The maximum Gasteiger partial charge on any atom is 0.233 e. The van der Waals surface area contributed by atoms with Crippen molar-refractivity contribution in [3.05, 3.63) is 29.8 Å². The molecule has 0 atom stereocenters. The number of phenolic OH excluding ortho intramolecular Hbond substituents is 1. The van der Waals surface area contributed by atoms with Gasteiger partial charge in [0.15, 0.2) is 0 Å². The Labute approximate surface area is 96.5 Å². The van der Waals surface area contributed by atoms with Crippen LogP contribution in [0.4, 0.5) is 0 Å². The minimum Gasteiger partial charge on any atom is -0.508 e. The first-order valence-corrected chi connectivity index (χ1v) is 5.33. The summed E-state index contributed by atoms with van der Waals surface area (Å²) < 4.78 is 0. The van der Waals surface area contributed by atoms with Crippen molar-refractivity contribution in [3.8, 4) is 5.75 Å². The molecule has 4 nitrogen and oxygen atoms in total. The summed E-state index contributed by atoms with van der Waals surface area (Å²) in [7, 11) is 1.55. The number of para-hydroxylation sites is 1. The monoisotopic (exact) mass is 224 g/mol. The highest BCUT2D eigenvalue weighted by atomic mass is 16.3. The summed E-state index contributed by atoms with van der Waals surface area (Å²) in [4.78, 5) is 9.94. The highest BCUT2D eigenvalue weighted by Gasteiger charge is 1.95. The van der Waals surface area contributed by atoms with E-state index < -0.39 is 0 Å². The Kier molecular flexibility index (Phi) is 7.89. The van der Waals surface area contributed by atoms with Crippen LogP contribution in [0.2, 0.25) is 0 Å². The Morgan fingerprint density at radius 1 is 1.44 bits per heavy atom. The topological polar surface area (TPSA) is 75.3 Å². The second-order valence-electron chi connectivity index (χ2n) is 3.26. The number of rotatable bonds is 3. The summed E-state index contributed by atoms with van der Waals surface area (Å²) in [6.07, 6.45) is 2.05. The number of aromatic hydroxyl groups is 1. The van der Waals surface area contributed by atoms with Gasteiger partial charge >= 0.3 is 0 Å². The Balaban J connectivity index is 0.000000325. The first-order chi connectivity index (χ1) is 7.65. The number of amides is 1. The second-order valence-corrected chi connectivity index (χ2v) is 3.26. The fourth-order valence-corrected chi connectivity index (χ4v) is 1.09. The Morgan fingerprint density at radius 2 is 2.06 bits per heavy atom. The smallest absolute Gasteiger partial charge is 0.233 e. The number of carbonyl (C=O) groups excluding carboxylic acids is 1. The van der Waals surface area contributed by atoms with Gasteiger partial charge in [-0.1, -0.05) is 31.5 Å². The zero-order valence-corrected chi connectivity index (χ0v) is 9.86. The van der Waals surface area contributed by atoms with Crippen molar-refractivity contribution in [1.82, 2.24) is 5.32 Å². The third kappa shape index (κ3) is 6.03. The predicted molar refractivity (Wildman–Crippen MR) is 65.2 cm³/mol. The summed E-state index contributed by atoms with van der Waals surface area (Å²) >= 11 is 0. The fraction of sp³-hybridized carbons (Fsp3) is 0.417. The van der Waals surface area contributed by atoms with E-state index in [4.69, 9.17) is 5.73 Å². The van der Waals surface area contributed by atoms with Crippen LogP contribution in [0.5, 0.6) is 5.75 Å². The van der Waals surface area contributed by atoms with E-state index in [1.165, 1.54) is 0 Å². The van der Waals surface area contributed by atoms with Crippen molar-refractivity contribution >= 4 is 5.91 Å². The summed E-state index contributed by atoms with van der Waals surface area (Å²) in [6, 6.07) is 7.48. The van der Waals surface area contributed by atoms with Crippen molar-refractivity contribution in [2.45, 2.75) is 19.8 Å². The van der Waals surface area contributed by atoms with Crippen LogP contribution in [0.3, 0.4) is 0 Å². The van der Waals surface area contributed by atoms with Gasteiger partial charge in [0.05, 0.1) is 6.54 Å². The van der Waals surface area contributed by atoms with Crippen LogP contribution < -0.4 is 11.1 Å². The molecule has 4 heteroatoms. The molecule has 0 radical (unpaired) electrons. The van der Waals surface area contributed by atoms with Crippen molar-refractivity contribution in [1.29, 1.82) is 0 Å². The summed E-state index contributed by atoms with van der Waals surface area (Å²) in [5.74, 6) is 0.291. The number of benzene rings is 1. The number of hydrogen-bond donors (Lipinski definition) is 3. The molecule has 1 rings (SSSR count).